The zero-order valence-electron chi connectivity index (χ0n) is 13.4. The number of thiophene rings is 1. The van der Waals surface area contributed by atoms with Crippen LogP contribution in [-0.4, -0.2) is 17.5 Å². The van der Waals surface area contributed by atoms with E-state index < -0.39 is 0 Å². The Morgan fingerprint density at radius 2 is 2.14 bits per heavy atom. The molecule has 1 aliphatic heterocycles. The van der Waals surface area contributed by atoms with Crippen LogP contribution in [0.4, 0.5) is 0 Å². The highest BCUT2D eigenvalue weighted by Crippen LogP contribution is 2.42. The topological polar surface area (TPSA) is 27.0 Å². The fraction of sp³-hybridized carbons (Fsp3) is 0.722. The van der Waals surface area contributed by atoms with E-state index >= 15 is 0 Å². The smallest absolute Gasteiger partial charge is 0.0672 e. The van der Waals surface area contributed by atoms with Crippen molar-refractivity contribution in [2.75, 3.05) is 6.54 Å². The molecule has 1 saturated carbocycles. The third-order valence-corrected chi connectivity index (χ3v) is 6.54. The van der Waals surface area contributed by atoms with Crippen LogP contribution >= 0.6 is 11.3 Å². The maximum Gasteiger partial charge on any atom is 0.0672 e. The van der Waals surface area contributed by atoms with Gasteiger partial charge in [-0.1, -0.05) is 20.8 Å². The van der Waals surface area contributed by atoms with E-state index in [9.17, 15) is 5.26 Å². The van der Waals surface area contributed by atoms with Crippen molar-refractivity contribution in [2.45, 2.75) is 59.0 Å². The summed E-state index contributed by atoms with van der Waals surface area (Å²) >= 11 is 1.89. The first-order valence-electron chi connectivity index (χ1n) is 8.18. The van der Waals surface area contributed by atoms with Gasteiger partial charge >= 0.3 is 0 Å². The minimum absolute atomic E-state index is 0.226. The van der Waals surface area contributed by atoms with Crippen molar-refractivity contribution in [1.82, 2.24) is 4.90 Å². The monoisotopic (exact) mass is 302 g/mol. The summed E-state index contributed by atoms with van der Waals surface area (Å²) in [4.78, 5) is 4.16. The molecule has 0 amide bonds. The van der Waals surface area contributed by atoms with Gasteiger partial charge in [0.2, 0.25) is 0 Å². The average Bonchev–Trinajstić information content (AvgIpc) is 2.93. The number of fused-ring (bicyclic) bond motifs is 1. The Bertz CT molecular complexity index is 534. The largest absolute Gasteiger partial charge is 0.294 e. The lowest BCUT2D eigenvalue weighted by atomic mass is 9.67. The standard InChI is InChI=1S/C18H26N2S/c1-18(2,3)15-5-4-13(11-19)16(10-15)20-8-6-17-14(12-20)7-9-21-17/h7,9,13,15-16H,4-6,8,10,12H2,1-3H3. The first kappa shape index (κ1) is 15.1. The number of nitriles is 1. The molecule has 2 aliphatic rings. The van der Waals surface area contributed by atoms with Gasteiger partial charge in [0.1, 0.15) is 0 Å². The molecular weight excluding hydrogens is 276 g/mol. The van der Waals surface area contributed by atoms with Crippen LogP contribution in [0, 0.1) is 28.6 Å². The highest BCUT2D eigenvalue weighted by molar-refractivity contribution is 7.10. The van der Waals surface area contributed by atoms with E-state index in [4.69, 9.17) is 0 Å². The summed E-state index contributed by atoms with van der Waals surface area (Å²) in [5, 5.41) is 11.8. The third-order valence-electron chi connectivity index (χ3n) is 5.51. The molecule has 0 bridgehead atoms. The molecule has 2 heterocycles. The molecule has 1 aliphatic carbocycles. The Morgan fingerprint density at radius 3 is 2.86 bits per heavy atom. The van der Waals surface area contributed by atoms with Crippen molar-refractivity contribution in [1.29, 1.82) is 5.26 Å². The highest BCUT2D eigenvalue weighted by atomic mass is 32.1. The zero-order chi connectivity index (χ0) is 15.0. The Balaban J connectivity index is 1.77. The van der Waals surface area contributed by atoms with Crippen molar-refractivity contribution in [3.8, 4) is 6.07 Å². The molecule has 1 aromatic rings. The van der Waals surface area contributed by atoms with E-state index in [1.165, 1.54) is 24.8 Å². The minimum atomic E-state index is 0.226. The first-order valence-corrected chi connectivity index (χ1v) is 9.06. The Morgan fingerprint density at radius 1 is 1.33 bits per heavy atom. The van der Waals surface area contributed by atoms with Crippen molar-refractivity contribution in [3.63, 3.8) is 0 Å². The van der Waals surface area contributed by atoms with Crippen LogP contribution in [0.3, 0.4) is 0 Å². The summed E-state index contributed by atoms with van der Waals surface area (Å²) in [7, 11) is 0. The van der Waals surface area contributed by atoms with E-state index in [0.29, 0.717) is 11.5 Å². The van der Waals surface area contributed by atoms with E-state index in [1.807, 2.05) is 11.3 Å². The molecule has 0 radical (unpaired) electrons. The molecular formula is C18H26N2S. The Labute approximate surface area is 132 Å². The molecule has 3 atom stereocenters. The third kappa shape index (κ3) is 3.03. The second kappa shape index (κ2) is 5.74. The molecule has 0 N–H and O–H groups in total. The molecule has 1 aromatic heterocycles. The second-order valence-electron chi connectivity index (χ2n) is 7.77. The van der Waals surface area contributed by atoms with Crippen LogP contribution in [0.15, 0.2) is 11.4 Å². The van der Waals surface area contributed by atoms with Crippen LogP contribution in [0.1, 0.15) is 50.5 Å². The lowest BCUT2D eigenvalue weighted by Crippen LogP contribution is -2.47. The summed E-state index contributed by atoms with van der Waals surface area (Å²) in [6, 6.07) is 5.34. The molecule has 0 spiro atoms. The van der Waals surface area contributed by atoms with E-state index in [0.717, 1.165) is 25.4 Å². The minimum Gasteiger partial charge on any atom is -0.294 e. The van der Waals surface area contributed by atoms with Gasteiger partial charge in [-0.25, -0.2) is 0 Å². The zero-order valence-corrected chi connectivity index (χ0v) is 14.2. The first-order chi connectivity index (χ1) is 9.99. The number of rotatable bonds is 1. The van der Waals surface area contributed by atoms with Gasteiger partial charge in [0, 0.05) is 24.0 Å². The van der Waals surface area contributed by atoms with Crippen molar-refractivity contribution >= 4 is 11.3 Å². The van der Waals surface area contributed by atoms with Crippen LogP contribution in [0.25, 0.3) is 0 Å². The van der Waals surface area contributed by atoms with Gasteiger partial charge in [0.15, 0.2) is 0 Å². The SMILES string of the molecule is CC(C)(C)C1CCC(C#N)C(N2CCc3sccc3C2)C1. The number of hydrogen-bond donors (Lipinski definition) is 0. The number of nitrogens with zero attached hydrogens (tertiary/aromatic N) is 2. The predicted octanol–water partition coefficient (Wildman–Crippen LogP) is 4.46. The van der Waals surface area contributed by atoms with Gasteiger partial charge in [-0.15, -0.1) is 11.3 Å². The lowest BCUT2D eigenvalue weighted by Gasteiger charge is -2.45. The molecule has 3 rings (SSSR count). The van der Waals surface area contributed by atoms with Crippen molar-refractivity contribution < 1.29 is 0 Å². The summed E-state index contributed by atoms with van der Waals surface area (Å²) in [6.07, 6.45) is 4.66. The van der Waals surface area contributed by atoms with E-state index in [2.05, 4.69) is 43.2 Å². The van der Waals surface area contributed by atoms with E-state index in [1.54, 1.807) is 4.88 Å². The van der Waals surface area contributed by atoms with E-state index in [-0.39, 0.29) is 5.92 Å². The fourth-order valence-corrected chi connectivity index (χ4v) is 4.93. The molecule has 21 heavy (non-hydrogen) atoms. The summed E-state index contributed by atoms with van der Waals surface area (Å²) in [5.74, 6) is 0.972. The molecule has 3 unspecified atom stereocenters. The van der Waals surface area contributed by atoms with Gasteiger partial charge < -0.3 is 0 Å². The molecule has 2 nitrogen and oxygen atoms in total. The molecule has 0 aromatic carbocycles. The quantitative estimate of drug-likeness (QED) is 0.766. The van der Waals surface area contributed by atoms with Gasteiger partial charge in [-0.3, -0.25) is 4.90 Å². The van der Waals surface area contributed by atoms with Gasteiger partial charge in [0.05, 0.1) is 12.0 Å². The maximum atomic E-state index is 9.56. The lowest BCUT2D eigenvalue weighted by molar-refractivity contribution is 0.0529. The van der Waals surface area contributed by atoms with Crippen molar-refractivity contribution in [2.24, 2.45) is 17.3 Å². The fourth-order valence-electron chi connectivity index (χ4n) is 4.04. The van der Waals surface area contributed by atoms with Crippen LogP contribution < -0.4 is 0 Å². The highest BCUT2D eigenvalue weighted by Gasteiger charge is 2.39. The van der Waals surface area contributed by atoms with Crippen LogP contribution in [0.5, 0.6) is 0 Å². The Hall–Kier alpha value is -0.850. The average molecular weight is 302 g/mol. The molecule has 0 saturated heterocycles. The summed E-state index contributed by atoms with van der Waals surface area (Å²) in [5.41, 5.74) is 1.86. The van der Waals surface area contributed by atoms with Crippen LogP contribution in [0.2, 0.25) is 0 Å². The van der Waals surface area contributed by atoms with Gasteiger partial charge in [-0.2, -0.15) is 5.26 Å². The Kier molecular flexibility index (Phi) is 4.12. The second-order valence-corrected chi connectivity index (χ2v) is 8.77. The molecule has 1 fully saturated rings. The number of hydrogen-bond acceptors (Lipinski definition) is 3. The maximum absolute atomic E-state index is 9.56. The van der Waals surface area contributed by atoms with Crippen LogP contribution in [-0.2, 0) is 13.0 Å². The van der Waals surface area contributed by atoms with Crippen molar-refractivity contribution in [3.05, 3.63) is 21.9 Å². The molecule has 114 valence electrons. The predicted molar refractivity (Wildman–Crippen MR) is 88.1 cm³/mol. The summed E-state index contributed by atoms with van der Waals surface area (Å²) < 4.78 is 0. The van der Waals surface area contributed by atoms with Gasteiger partial charge in [-0.05, 0) is 54.0 Å². The molecule has 3 heteroatoms. The summed E-state index contributed by atoms with van der Waals surface area (Å²) in [6.45, 7) is 9.25. The normalized spacial score (nSPS) is 30.7. The van der Waals surface area contributed by atoms with Gasteiger partial charge in [0.25, 0.3) is 0 Å².